The number of hydrogen-bond donors (Lipinski definition) is 2. The summed E-state index contributed by atoms with van der Waals surface area (Å²) >= 11 is 0. The molecule has 0 saturated carbocycles. The van der Waals surface area contributed by atoms with Gasteiger partial charge in [-0.15, -0.1) is 0 Å². The second-order valence-electron chi connectivity index (χ2n) is 6.46. The largest absolute Gasteiger partial charge is 0.497 e. The number of para-hydroxylation sites is 1. The Labute approximate surface area is 167 Å². The van der Waals surface area contributed by atoms with Crippen molar-refractivity contribution in [3.05, 3.63) is 66.7 Å². The van der Waals surface area contributed by atoms with Crippen LogP contribution in [-0.4, -0.2) is 23.9 Å². The summed E-state index contributed by atoms with van der Waals surface area (Å²) in [6.07, 6.45) is 0. The van der Waals surface area contributed by atoms with Gasteiger partial charge >= 0.3 is 0 Å². The van der Waals surface area contributed by atoms with Gasteiger partial charge in [0.25, 0.3) is 0 Å². The zero-order valence-corrected chi connectivity index (χ0v) is 15.7. The Morgan fingerprint density at radius 2 is 1.62 bits per heavy atom. The molecule has 5 rings (SSSR count). The smallest absolute Gasteiger partial charge is 0.231 e. The molecule has 2 heterocycles. The van der Waals surface area contributed by atoms with Gasteiger partial charge < -0.3 is 24.8 Å². The molecular formula is C22H18N4O3. The summed E-state index contributed by atoms with van der Waals surface area (Å²) in [4.78, 5) is 9.33. The van der Waals surface area contributed by atoms with Crippen LogP contribution in [0.3, 0.4) is 0 Å². The molecule has 144 valence electrons. The number of anilines is 4. The lowest BCUT2D eigenvalue weighted by Crippen LogP contribution is -2.02. The molecule has 0 saturated heterocycles. The highest BCUT2D eigenvalue weighted by Crippen LogP contribution is 2.35. The standard InChI is InChI=1S/C22H18N4O3/c1-27-16-9-6-14(7-10-16)23-21-17-4-2-3-5-18(17)25-22(26-21)24-15-8-11-19-20(12-15)29-13-28-19/h2-12H,13H2,1H3,(H2,23,24,25,26). The van der Waals surface area contributed by atoms with Crippen molar-refractivity contribution in [1.82, 2.24) is 9.97 Å². The Bertz CT molecular complexity index is 1180. The predicted octanol–water partition coefficient (Wildman–Crippen LogP) is 4.85. The molecule has 0 radical (unpaired) electrons. The molecule has 0 unspecified atom stereocenters. The second-order valence-corrected chi connectivity index (χ2v) is 6.46. The highest BCUT2D eigenvalue weighted by molar-refractivity contribution is 5.92. The van der Waals surface area contributed by atoms with Crippen molar-refractivity contribution in [3.8, 4) is 17.2 Å². The molecule has 0 bridgehead atoms. The fraction of sp³-hybridized carbons (Fsp3) is 0.0909. The second kappa shape index (κ2) is 7.20. The van der Waals surface area contributed by atoms with E-state index >= 15 is 0 Å². The molecule has 7 heteroatoms. The third-order valence-corrected chi connectivity index (χ3v) is 4.58. The van der Waals surface area contributed by atoms with Crippen LogP contribution in [-0.2, 0) is 0 Å². The minimum absolute atomic E-state index is 0.237. The Morgan fingerprint density at radius 1 is 0.828 bits per heavy atom. The van der Waals surface area contributed by atoms with E-state index in [0.717, 1.165) is 33.8 Å². The molecule has 0 atom stereocenters. The van der Waals surface area contributed by atoms with Crippen molar-refractivity contribution in [2.75, 3.05) is 24.5 Å². The molecule has 1 aliphatic rings. The number of aromatic nitrogens is 2. The first-order valence-electron chi connectivity index (χ1n) is 9.13. The molecule has 4 aromatic rings. The Hall–Kier alpha value is -4.00. The Morgan fingerprint density at radius 3 is 2.48 bits per heavy atom. The highest BCUT2D eigenvalue weighted by Gasteiger charge is 2.14. The van der Waals surface area contributed by atoms with Gasteiger partial charge in [0.15, 0.2) is 11.5 Å². The third kappa shape index (κ3) is 3.45. The summed E-state index contributed by atoms with van der Waals surface area (Å²) in [5.41, 5.74) is 2.56. The first-order valence-corrected chi connectivity index (χ1v) is 9.13. The highest BCUT2D eigenvalue weighted by atomic mass is 16.7. The van der Waals surface area contributed by atoms with Crippen LogP contribution in [0.25, 0.3) is 10.9 Å². The summed E-state index contributed by atoms with van der Waals surface area (Å²) in [5, 5.41) is 7.56. The van der Waals surface area contributed by atoms with Crippen LogP contribution in [0.4, 0.5) is 23.1 Å². The minimum atomic E-state index is 0.237. The number of nitrogens with one attached hydrogen (secondary N) is 2. The van der Waals surface area contributed by atoms with E-state index in [1.807, 2.05) is 66.7 Å². The van der Waals surface area contributed by atoms with Gasteiger partial charge in [-0.05, 0) is 48.5 Å². The van der Waals surface area contributed by atoms with Crippen molar-refractivity contribution in [2.45, 2.75) is 0 Å². The molecule has 0 aliphatic carbocycles. The minimum Gasteiger partial charge on any atom is -0.497 e. The van der Waals surface area contributed by atoms with Crippen LogP contribution in [0, 0.1) is 0 Å². The lowest BCUT2D eigenvalue weighted by atomic mass is 10.2. The lowest BCUT2D eigenvalue weighted by Gasteiger charge is -2.12. The number of fused-ring (bicyclic) bond motifs is 2. The first kappa shape index (κ1) is 17.1. The van der Waals surface area contributed by atoms with Crippen molar-refractivity contribution in [2.24, 2.45) is 0 Å². The number of benzene rings is 3. The van der Waals surface area contributed by atoms with Crippen LogP contribution in [0.15, 0.2) is 66.7 Å². The fourth-order valence-electron chi connectivity index (χ4n) is 3.14. The zero-order chi connectivity index (χ0) is 19.6. The predicted molar refractivity (Wildman–Crippen MR) is 112 cm³/mol. The van der Waals surface area contributed by atoms with E-state index in [-0.39, 0.29) is 6.79 Å². The SMILES string of the molecule is COc1ccc(Nc2nc(Nc3ccc4c(c3)OCO4)nc3ccccc23)cc1. The molecule has 29 heavy (non-hydrogen) atoms. The summed E-state index contributed by atoms with van der Waals surface area (Å²) in [5.74, 6) is 3.43. The van der Waals surface area contributed by atoms with Crippen LogP contribution < -0.4 is 24.8 Å². The number of hydrogen-bond acceptors (Lipinski definition) is 7. The maximum atomic E-state index is 5.44. The first-order chi connectivity index (χ1) is 14.3. The van der Waals surface area contributed by atoms with Crippen LogP contribution in [0.5, 0.6) is 17.2 Å². The molecular weight excluding hydrogens is 368 g/mol. The Kier molecular flexibility index (Phi) is 4.25. The van der Waals surface area contributed by atoms with E-state index in [1.165, 1.54) is 0 Å². The van der Waals surface area contributed by atoms with Crippen LogP contribution in [0.1, 0.15) is 0 Å². The lowest BCUT2D eigenvalue weighted by molar-refractivity contribution is 0.174. The van der Waals surface area contributed by atoms with Crippen molar-refractivity contribution in [3.63, 3.8) is 0 Å². The van der Waals surface area contributed by atoms with Crippen LogP contribution in [0.2, 0.25) is 0 Å². The van der Waals surface area contributed by atoms with E-state index in [2.05, 4.69) is 15.6 Å². The number of methoxy groups -OCH3 is 1. The average Bonchev–Trinajstić information content (AvgIpc) is 3.22. The van der Waals surface area contributed by atoms with Crippen molar-refractivity contribution < 1.29 is 14.2 Å². The zero-order valence-electron chi connectivity index (χ0n) is 15.7. The maximum absolute atomic E-state index is 5.44. The monoisotopic (exact) mass is 386 g/mol. The fourth-order valence-corrected chi connectivity index (χ4v) is 3.14. The van der Waals surface area contributed by atoms with Gasteiger partial charge in [-0.3, -0.25) is 0 Å². The maximum Gasteiger partial charge on any atom is 0.231 e. The normalized spacial score (nSPS) is 12.0. The van der Waals surface area contributed by atoms with E-state index in [9.17, 15) is 0 Å². The topological polar surface area (TPSA) is 77.5 Å². The molecule has 3 aromatic carbocycles. The summed E-state index contributed by atoms with van der Waals surface area (Å²) < 4.78 is 16.0. The summed E-state index contributed by atoms with van der Waals surface area (Å²) in [7, 11) is 1.65. The van der Waals surface area contributed by atoms with Crippen LogP contribution >= 0.6 is 0 Å². The summed E-state index contributed by atoms with van der Waals surface area (Å²) in [6.45, 7) is 0.237. The van der Waals surface area contributed by atoms with Gasteiger partial charge in [0, 0.05) is 22.8 Å². The van der Waals surface area contributed by atoms with E-state index in [0.29, 0.717) is 17.5 Å². The molecule has 1 aromatic heterocycles. The average molecular weight is 386 g/mol. The van der Waals surface area contributed by atoms with E-state index in [1.54, 1.807) is 7.11 Å². The van der Waals surface area contributed by atoms with Gasteiger partial charge in [0.05, 0.1) is 12.6 Å². The number of nitrogens with zero attached hydrogens (tertiary/aromatic N) is 2. The van der Waals surface area contributed by atoms with Gasteiger partial charge in [-0.1, -0.05) is 12.1 Å². The summed E-state index contributed by atoms with van der Waals surface area (Å²) in [6, 6.07) is 21.2. The molecule has 1 aliphatic heterocycles. The molecule has 0 amide bonds. The van der Waals surface area contributed by atoms with Gasteiger partial charge in [-0.2, -0.15) is 4.98 Å². The van der Waals surface area contributed by atoms with E-state index < -0.39 is 0 Å². The third-order valence-electron chi connectivity index (χ3n) is 4.58. The molecule has 0 fully saturated rings. The van der Waals surface area contributed by atoms with Gasteiger partial charge in [0.2, 0.25) is 12.7 Å². The van der Waals surface area contributed by atoms with E-state index in [4.69, 9.17) is 19.2 Å². The quantitative estimate of drug-likeness (QED) is 0.507. The molecule has 2 N–H and O–H groups in total. The molecule has 0 spiro atoms. The number of ether oxygens (including phenoxy) is 3. The van der Waals surface area contributed by atoms with Gasteiger partial charge in [-0.25, -0.2) is 4.98 Å². The van der Waals surface area contributed by atoms with Crippen molar-refractivity contribution in [1.29, 1.82) is 0 Å². The van der Waals surface area contributed by atoms with Crippen molar-refractivity contribution >= 4 is 34.0 Å². The number of rotatable bonds is 5. The Balaban J connectivity index is 1.49. The van der Waals surface area contributed by atoms with Gasteiger partial charge in [0.1, 0.15) is 11.6 Å². The molecule has 7 nitrogen and oxygen atoms in total.